The largest absolute Gasteiger partial charge is 0.496 e. The fourth-order valence-corrected chi connectivity index (χ4v) is 2.03. The van der Waals surface area contributed by atoms with E-state index in [-0.39, 0.29) is 5.57 Å². The predicted octanol–water partition coefficient (Wildman–Crippen LogP) is 2.50. The van der Waals surface area contributed by atoms with Gasteiger partial charge < -0.3 is 10.1 Å². The summed E-state index contributed by atoms with van der Waals surface area (Å²) in [6.45, 7) is 0. The van der Waals surface area contributed by atoms with Gasteiger partial charge in [-0.3, -0.25) is 4.79 Å². The van der Waals surface area contributed by atoms with Crippen LogP contribution in [0.3, 0.4) is 0 Å². The quantitative estimate of drug-likeness (QED) is 0.685. The number of nitriles is 1. The van der Waals surface area contributed by atoms with Gasteiger partial charge in [0, 0.05) is 12.6 Å². The fourth-order valence-electron chi connectivity index (χ4n) is 2.03. The second-order valence-corrected chi connectivity index (χ2v) is 4.15. The maximum Gasteiger partial charge on any atom is 0.261 e. The Morgan fingerprint density at radius 1 is 1.30 bits per heavy atom. The van der Waals surface area contributed by atoms with E-state index < -0.39 is 5.91 Å². The Morgan fingerprint density at radius 2 is 2.05 bits per heavy atom. The zero-order chi connectivity index (χ0) is 14.5. The summed E-state index contributed by atoms with van der Waals surface area (Å²) in [7, 11) is 3.06. The minimum absolute atomic E-state index is 0.0437. The van der Waals surface area contributed by atoms with Gasteiger partial charge in [0.25, 0.3) is 5.91 Å². The maximum atomic E-state index is 11.6. The van der Waals surface area contributed by atoms with E-state index >= 15 is 0 Å². The van der Waals surface area contributed by atoms with Crippen LogP contribution in [0.2, 0.25) is 0 Å². The second kappa shape index (κ2) is 5.89. The standard InChI is InChI=1S/C16H14N2O2/c1-18-16(19)12(10-17)9-14-13-6-4-3-5-11(13)7-8-15(14)20-2/h3-9H,1-2H3,(H,18,19)/b12-9-. The van der Waals surface area contributed by atoms with E-state index in [9.17, 15) is 4.79 Å². The van der Waals surface area contributed by atoms with Gasteiger partial charge in [-0.15, -0.1) is 0 Å². The molecule has 4 nitrogen and oxygen atoms in total. The topological polar surface area (TPSA) is 62.1 Å². The number of benzene rings is 2. The third-order valence-corrected chi connectivity index (χ3v) is 3.03. The maximum absolute atomic E-state index is 11.6. The number of fused-ring (bicyclic) bond motifs is 1. The van der Waals surface area contributed by atoms with Crippen molar-refractivity contribution in [2.75, 3.05) is 14.2 Å². The minimum Gasteiger partial charge on any atom is -0.496 e. The first-order chi connectivity index (χ1) is 9.71. The van der Waals surface area contributed by atoms with E-state index in [1.54, 1.807) is 13.2 Å². The lowest BCUT2D eigenvalue weighted by molar-refractivity contribution is -0.116. The van der Waals surface area contributed by atoms with Gasteiger partial charge in [0.15, 0.2) is 0 Å². The molecule has 1 amide bonds. The number of rotatable bonds is 3. The van der Waals surface area contributed by atoms with E-state index in [1.165, 1.54) is 7.05 Å². The number of ether oxygens (including phenoxy) is 1. The smallest absolute Gasteiger partial charge is 0.261 e. The normalized spacial score (nSPS) is 10.9. The molecule has 1 N–H and O–H groups in total. The summed E-state index contributed by atoms with van der Waals surface area (Å²) in [5.41, 5.74) is 0.771. The molecule has 0 aromatic heterocycles. The molecule has 100 valence electrons. The van der Waals surface area contributed by atoms with Crippen LogP contribution in [0.25, 0.3) is 16.8 Å². The van der Waals surface area contributed by atoms with Crippen molar-refractivity contribution in [3.8, 4) is 11.8 Å². The molecule has 0 spiro atoms. The van der Waals surface area contributed by atoms with Gasteiger partial charge >= 0.3 is 0 Å². The van der Waals surface area contributed by atoms with E-state index in [0.29, 0.717) is 5.75 Å². The summed E-state index contributed by atoms with van der Waals surface area (Å²) >= 11 is 0. The lowest BCUT2D eigenvalue weighted by Crippen LogP contribution is -2.19. The highest BCUT2D eigenvalue weighted by Gasteiger charge is 2.11. The minimum atomic E-state index is -0.414. The summed E-state index contributed by atoms with van der Waals surface area (Å²) in [4.78, 5) is 11.6. The molecule has 0 bridgehead atoms. The van der Waals surface area contributed by atoms with Crippen LogP contribution in [0, 0.1) is 11.3 Å². The number of hydrogen-bond donors (Lipinski definition) is 1. The van der Waals surface area contributed by atoms with Crippen LogP contribution < -0.4 is 10.1 Å². The molecular weight excluding hydrogens is 252 g/mol. The van der Waals surface area contributed by atoms with Crippen LogP contribution in [-0.2, 0) is 4.79 Å². The number of nitrogens with one attached hydrogen (secondary N) is 1. The summed E-state index contributed by atoms with van der Waals surface area (Å²) < 4.78 is 5.33. The first kappa shape index (κ1) is 13.6. The van der Waals surface area contributed by atoms with E-state index in [4.69, 9.17) is 10.00 Å². The highest BCUT2D eigenvalue weighted by atomic mass is 16.5. The molecule has 0 atom stereocenters. The van der Waals surface area contributed by atoms with Crippen molar-refractivity contribution in [2.24, 2.45) is 0 Å². The second-order valence-electron chi connectivity index (χ2n) is 4.15. The molecule has 0 aliphatic heterocycles. The summed E-state index contributed by atoms with van der Waals surface area (Å²) in [5.74, 6) is 0.211. The number of carbonyl (C=O) groups excluding carboxylic acids is 1. The van der Waals surface area contributed by atoms with Gasteiger partial charge in [-0.25, -0.2) is 0 Å². The molecule has 20 heavy (non-hydrogen) atoms. The third-order valence-electron chi connectivity index (χ3n) is 3.03. The lowest BCUT2D eigenvalue weighted by atomic mass is 10.0. The van der Waals surface area contributed by atoms with Crippen molar-refractivity contribution >= 4 is 22.8 Å². The van der Waals surface area contributed by atoms with Gasteiger partial charge in [0.1, 0.15) is 17.4 Å². The number of hydrogen-bond acceptors (Lipinski definition) is 3. The Kier molecular flexibility index (Phi) is 4.02. The molecule has 0 saturated carbocycles. The highest BCUT2D eigenvalue weighted by molar-refractivity contribution is 6.04. The molecular formula is C16H14N2O2. The third kappa shape index (κ3) is 2.47. The van der Waals surface area contributed by atoms with E-state index in [0.717, 1.165) is 16.3 Å². The number of amides is 1. The van der Waals surface area contributed by atoms with Crippen molar-refractivity contribution in [2.45, 2.75) is 0 Å². The molecule has 0 fully saturated rings. The van der Waals surface area contributed by atoms with Crippen LogP contribution in [0.15, 0.2) is 42.0 Å². The van der Waals surface area contributed by atoms with Gasteiger partial charge in [0.2, 0.25) is 0 Å². The fraction of sp³-hybridized carbons (Fsp3) is 0.125. The number of methoxy groups -OCH3 is 1. The zero-order valence-electron chi connectivity index (χ0n) is 11.3. The molecule has 0 radical (unpaired) electrons. The molecule has 0 unspecified atom stereocenters. The van der Waals surface area contributed by atoms with Crippen LogP contribution in [0.5, 0.6) is 5.75 Å². The van der Waals surface area contributed by atoms with E-state index in [1.807, 2.05) is 42.5 Å². The Labute approximate surface area is 117 Å². The van der Waals surface area contributed by atoms with Crippen molar-refractivity contribution < 1.29 is 9.53 Å². The van der Waals surface area contributed by atoms with Crippen LogP contribution in [0.4, 0.5) is 0 Å². The molecule has 2 rings (SSSR count). The van der Waals surface area contributed by atoms with Gasteiger partial charge in [-0.05, 0) is 22.9 Å². The first-order valence-electron chi connectivity index (χ1n) is 6.11. The SMILES string of the molecule is CNC(=O)/C(C#N)=C\c1c(OC)ccc2ccccc12. The molecule has 0 aliphatic carbocycles. The zero-order valence-corrected chi connectivity index (χ0v) is 11.3. The van der Waals surface area contributed by atoms with Gasteiger partial charge in [-0.2, -0.15) is 5.26 Å². The average Bonchev–Trinajstić information content (AvgIpc) is 2.51. The monoisotopic (exact) mass is 266 g/mol. The molecule has 0 aliphatic rings. The van der Waals surface area contributed by atoms with Crippen molar-refractivity contribution in [3.63, 3.8) is 0 Å². The summed E-state index contributed by atoms with van der Waals surface area (Å²) in [6, 6.07) is 13.4. The van der Waals surface area contributed by atoms with E-state index in [2.05, 4.69) is 5.32 Å². The average molecular weight is 266 g/mol. The molecule has 0 saturated heterocycles. The summed E-state index contributed by atoms with van der Waals surface area (Å²) in [6.07, 6.45) is 1.56. The predicted molar refractivity (Wildman–Crippen MR) is 78.2 cm³/mol. The van der Waals surface area contributed by atoms with Crippen molar-refractivity contribution in [1.29, 1.82) is 5.26 Å². The van der Waals surface area contributed by atoms with Crippen LogP contribution in [-0.4, -0.2) is 20.1 Å². The van der Waals surface area contributed by atoms with Crippen molar-refractivity contribution in [3.05, 3.63) is 47.5 Å². The Hall–Kier alpha value is -2.80. The molecule has 2 aromatic carbocycles. The Bertz CT molecular complexity index is 727. The Balaban J connectivity index is 2.71. The molecule has 0 heterocycles. The van der Waals surface area contributed by atoms with Crippen molar-refractivity contribution in [1.82, 2.24) is 5.32 Å². The molecule has 4 heteroatoms. The number of likely N-dealkylation sites (N-methyl/N-ethyl adjacent to an activating group) is 1. The Morgan fingerprint density at radius 3 is 2.70 bits per heavy atom. The number of carbonyl (C=O) groups is 1. The molecule has 2 aromatic rings. The highest BCUT2D eigenvalue weighted by Crippen LogP contribution is 2.29. The lowest BCUT2D eigenvalue weighted by Gasteiger charge is -2.09. The van der Waals surface area contributed by atoms with Gasteiger partial charge in [0.05, 0.1) is 7.11 Å². The van der Waals surface area contributed by atoms with Gasteiger partial charge in [-0.1, -0.05) is 30.3 Å². The van der Waals surface area contributed by atoms with Crippen LogP contribution >= 0.6 is 0 Å². The first-order valence-corrected chi connectivity index (χ1v) is 6.11. The number of nitrogens with zero attached hydrogens (tertiary/aromatic N) is 1. The van der Waals surface area contributed by atoms with Crippen LogP contribution in [0.1, 0.15) is 5.56 Å². The summed E-state index contributed by atoms with van der Waals surface area (Å²) in [5, 5.41) is 13.5.